The third-order valence-corrected chi connectivity index (χ3v) is 1.22. The molecule has 72 valence electrons. The second-order valence-corrected chi connectivity index (χ2v) is 2.84. The summed E-state index contributed by atoms with van der Waals surface area (Å²) in [5, 5.41) is 8.49. The van der Waals surface area contributed by atoms with Gasteiger partial charge in [-0.1, -0.05) is 32.8 Å². The van der Waals surface area contributed by atoms with Crippen molar-refractivity contribution in [1.29, 1.82) is 0 Å². The van der Waals surface area contributed by atoms with E-state index in [1.54, 1.807) is 0 Å². The number of hydrogen-bond donors (Lipinski definition) is 1. The molecule has 0 spiro atoms. The summed E-state index contributed by atoms with van der Waals surface area (Å²) in [6.07, 6.45) is 1.86. The highest BCUT2D eigenvalue weighted by atomic mass is 16.4. The molecule has 2 nitrogen and oxygen atoms in total. The van der Waals surface area contributed by atoms with Gasteiger partial charge < -0.3 is 5.11 Å². The molecule has 0 atom stereocenters. The van der Waals surface area contributed by atoms with Crippen LogP contribution in [0.25, 0.3) is 0 Å². The van der Waals surface area contributed by atoms with E-state index in [4.69, 9.17) is 5.11 Å². The van der Waals surface area contributed by atoms with Crippen molar-refractivity contribution in [3.63, 3.8) is 0 Å². The smallest absolute Gasteiger partial charge is 0.331 e. The molecule has 12 heavy (non-hydrogen) atoms. The topological polar surface area (TPSA) is 37.3 Å². The van der Waals surface area contributed by atoms with Gasteiger partial charge in [-0.25, -0.2) is 4.79 Å². The molecule has 0 radical (unpaired) electrons. The van der Waals surface area contributed by atoms with Gasteiger partial charge in [0.25, 0.3) is 0 Å². The van der Waals surface area contributed by atoms with E-state index >= 15 is 0 Å². The fourth-order valence-corrected chi connectivity index (χ4v) is 0.719. The van der Waals surface area contributed by atoms with E-state index in [9.17, 15) is 4.79 Å². The van der Waals surface area contributed by atoms with Crippen molar-refractivity contribution in [3.8, 4) is 0 Å². The van der Waals surface area contributed by atoms with Crippen LogP contribution in [0.4, 0.5) is 0 Å². The molecule has 0 aliphatic carbocycles. The summed E-state index contributed by atoms with van der Waals surface area (Å²) in [4.78, 5) is 10.3. The van der Waals surface area contributed by atoms with E-state index in [0.717, 1.165) is 5.57 Å². The lowest BCUT2D eigenvalue weighted by Gasteiger charge is -1.97. The summed E-state index contributed by atoms with van der Waals surface area (Å²) in [6, 6.07) is 0. The molecule has 1 N–H and O–H groups in total. The number of rotatable bonds is 2. The summed E-state index contributed by atoms with van der Waals surface area (Å²) in [5.74, 6) is -0.794. The molecule has 0 aliphatic heterocycles. The fraction of sp³-hybridized carbons (Fsp3) is 0.700. The average molecular weight is 172 g/mol. The Bertz CT molecular complexity index is 153. The van der Waals surface area contributed by atoms with Crippen LogP contribution in [0.3, 0.4) is 0 Å². The normalized spacial score (nSPS) is 8.08. The molecular weight excluding hydrogens is 152 g/mol. The number of aliphatic carboxylic acids is 1. The van der Waals surface area contributed by atoms with Gasteiger partial charge in [0.2, 0.25) is 0 Å². The average Bonchev–Trinajstić information content (AvgIpc) is 1.88. The Labute approximate surface area is 75.3 Å². The zero-order valence-electron chi connectivity index (χ0n) is 8.77. The van der Waals surface area contributed by atoms with Gasteiger partial charge in [0.05, 0.1) is 0 Å². The lowest BCUT2D eigenvalue weighted by Crippen LogP contribution is -2.00. The fourth-order valence-electron chi connectivity index (χ4n) is 0.719. The summed E-state index contributed by atoms with van der Waals surface area (Å²) in [6.45, 7) is 9.72. The van der Waals surface area contributed by atoms with Crippen LogP contribution < -0.4 is 0 Å². The molecular formula is C10H20O2. The van der Waals surface area contributed by atoms with E-state index < -0.39 is 5.97 Å². The SMILES string of the molecule is CCC.CCC(C(=O)O)=C(C)C. The van der Waals surface area contributed by atoms with Gasteiger partial charge in [-0.05, 0) is 20.3 Å². The van der Waals surface area contributed by atoms with Gasteiger partial charge in [0.1, 0.15) is 0 Å². The van der Waals surface area contributed by atoms with Crippen LogP contribution in [0, 0.1) is 0 Å². The van der Waals surface area contributed by atoms with E-state index in [1.807, 2.05) is 20.8 Å². The van der Waals surface area contributed by atoms with Crippen molar-refractivity contribution in [2.24, 2.45) is 0 Å². The van der Waals surface area contributed by atoms with Crippen molar-refractivity contribution in [2.75, 3.05) is 0 Å². The second-order valence-electron chi connectivity index (χ2n) is 2.84. The Morgan fingerprint density at radius 2 is 1.50 bits per heavy atom. The number of hydrogen-bond acceptors (Lipinski definition) is 1. The van der Waals surface area contributed by atoms with Crippen LogP contribution in [0.1, 0.15) is 47.5 Å². The molecule has 0 rings (SSSR count). The molecule has 0 amide bonds. The highest BCUT2D eigenvalue weighted by Crippen LogP contribution is 2.06. The van der Waals surface area contributed by atoms with Crippen LogP contribution in [-0.2, 0) is 4.79 Å². The van der Waals surface area contributed by atoms with Gasteiger partial charge >= 0.3 is 5.97 Å². The first-order valence-electron chi connectivity index (χ1n) is 4.40. The van der Waals surface area contributed by atoms with Crippen LogP contribution in [0.2, 0.25) is 0 Å². The molecule has 0 aromatic carbocycles. The minimum Gasteiger partial charge on any atom is -0.478 e. The zero-order valence-corrected chi connectivity index (χ0v) is 8.77. The van der Waals surface area contributed by atoms with Crippen molar-refractivity contribution in [3.05, 3.63) is 11.1 Å². The van der Waals surface area contributed by atoms with E-state index in [2.05, 4.69) is 13.8 Å². The van der Waals surface area contributed by atoms with Gasteiger partial charge in [-0.15, -0.1) is 0 Å². The molecule has 0 aliphatic rings. The molecule has 0 saturated carbocycles. The van der Waals surface area contributed by atoms with Crippen LogP contribution in [0.15, 0.2) is 11.1 Å². The largest absolute Gasteiger partial charge is 0.478 e. The first-order chi connectivity index (χ1) is 5.51. The molecule has 0 aromatic rings. The summed E-state index contributed by atoms with van der Waals surface area (Å²) in [5.41, 5.74) is 1.42. The number of allylic oxidation sites excluding steroid dienone is 1. The molecule has 0 unspecified atom stereocenters. The number of carboxylic acid groups (broad SMARTS) is 1. The van der Waals surface area contributed by atoms with Crippen molar-refractivity contribution < 1.29 is 9.90 Å². The van der Waals surface area contributed by atoms with Gasteiger partial charge in [-0.3, -0.25) is 0 Å². The van der Waals surface area contributed by atoms with Gasteiger partial charge in [0, 0.05) is 5.57 Å². The highest BCUT2D eigenvalue weighted by Gasteiger charge is 2.04. The Kier molecular flexibility index (Phi) is 9.54. The number of carboxylic acids is 1. The lowest BCUT2D eigenvalue weighted by molar-refractivity contribution is -0.132. The zero-order chi connectivity index (χ0) is 10.1. The number of carbonyl (C=O) groups is 1. The molecule has 0 saturated heterocycles. The van der Waals surface area contributed by atoms with Gasteiger partial charge in [0.15, 0.2) is 0 Å². The van der Waals surface area contributed by atoms with Crippen LogP contribution in [0.5, 0.6) is 0 Å². The van der Waals surface area contributed by atoms with Gasteiger partial charge in [-0.2, -0.15) is 0 Å². The van der Waals surface area contributed by atoms with E-state index in [1.165, 1.54) is 6.42 Å². The second kappa shape index (κ2) is 8.31. The predicted octanol–water partition coefficient (Wildman–Crippen LogP) is 3.23. The Balaban J connectivity index is 0. The predicted molar refractivity (Wildman–Crippen MR) is 52.3 cm³/mol. The van der Waals surface area contributed by atoms with E-state index in [-0.39, 0.29) is 0 Å². The Morgan fingerprint density at radius 1 is 1.17 bits per heavy atom. The minimum atomic E-state index is -0.794. The third kappa shape index (κ3) is 7.32. The van der Waals surface area contributed by atoms with Crippen LogP contribution >= 0.6 is 0 Å². The highest BCUT2D eigenvalue weighted by molar-refractivity contribution is 5.87. The van der Waals surface area contributed by atoms with Crippen molar-refractivity contribution in [2.45, 2.75) is 47.5 Å². The van der Waals surface area contributed by atoms with Crippen molar-refractivity contribution >= 4 is 5.97 Å². The van der Waals surface area contributed by atoms with E-state index in [0.29, 0.717) is 12.0 Å². The first-order valence-corrected chi connectivity index (χ1v) is 4.40. The maximum absolute atomic E-state index is 10.3. The first kappa shape index (κ1) is 13.8. The standard InChI is InChI=1S/C7H12O2.C3H8/c1-4-6(5(2)3)7(8)9;1-3-2/h4H2,1-3H3,(H,8,9);3H2,1-2H3. The molecule has 0 bridgehead atoms. The molecule has 0 aromatic heterocycles. The van der Waals surface area contributed by atoms with Crippen molar-refractivity contribution in [1.82, 2.24) is 0 Å². The summed E-state index contributed by atoms with van der Waals surface area (Å²) < 4.78 is 0. The molecule has 2 heteroatoms. The summed E-state index contributed by atoms with van der Waals surface area (Å²) in [7, 11) is 0. The Hall–Kier alpha value is -0.790. The third-order valence-electron chi connectivity index (χ3n) is 1.22. The maximum Gasteiger partial charge on any atom is 0.331 e. The van der Waals surface area contributed by atoms with Crippen LogP contribution in [-0.4, -0.2) is 11.1 Å². The maximum atomic E-state index is 10.3. The quantitative estimate of drug-likeness (QED) is 0.649. The molecule has 0 fully saturated rings. The minimum absolute atomic E-state index is 0.523. The Morgan fingerprint density at radius 3 is 1.50 bits per heavy atom. The lowest BCUT2D eigenvalue weighted by atomic mass is 10.1. The molecule has 0 heterocycles. The summed E-state index contributed by atoms with van der Waals surface area (Å²) >= 11 is 0. The monoisotopic (exact) mass is 172 g/mol.